The Hall–Kier alpha value is -3.21. The fourth-order valence-electron chi connectivity index (χ4n) is 2.52. The van der Waals surface area contributed by atoms with Gasteiger partial charge in [-0.2, -0.15) is 0 Å². The summed E-state index contributed by atoms with van der Waals surface area (Å²) in [5.41, 5.74) is 1.18. The van der Waals surface area contributed by atoms with E-state index in [0.717, 1.165) is 9.87 Å². The molecule has 0 bridgehead atoms. The smallest absolute Gasteiger partial charge is 0.338 e. The van der Waals surface area contributed by atoms with Crippen molar-refractivity contribution >= 4 is 39.2 Å². The number of halogens is 1. The molecule has 0 spiro atoms. The van der Waals surface area contributed by atoms with E-state index < -0.39 is 28.5 Å². The van der Waals surface area contributed by atoms with Crippen molar-refractivity contribution in [3.8, 4) is 11.3 Å². The van der Waals surface area contributed by atoms with Gasteiger partial charge in [-0.05, 0) is 30.3 Å². The molecule has 2 aromatic carbocycles. The zero-order chi connectivity index (χ0) is 22.6. The minimum atomic E-state index is -3.79. The van der Waals surface area contributed by atoms with Gasteiger partial charge < -0.3 is 14.5 Å². The van der Waals surface area contributed by atoms with Gasteiger partial charge in [0.2, 0.25) is 10.0 Å². The number of hydrogen-bond acceptors (Lipinski definition) is 7. The van der Waals surface area contributed by atoms with Crippen molar-refractivity contribution < 1.29 is 27.2 Å². The molecule has 1 N–H and O–H groups in total. The molecule has 162 valence electrons. The van der Waals surface area contributed by atoms with Crippen LogP contribution < -0.4 is 5.32 Å². The van der Waals surface area contributed by atoms with Gasteiger partial charge in [0.05, 0.1) is 16.8 Å². The minimum Gasteiger partial charge on any atom is -0.452 e. The maximum Gasteiger partial charge on any atom is 0.338 e. The number of amides is 1. The van der Waals surface area contributed by atoms with Crippen LogP contribution in [0.25, 0.3) is 11.3 Å². The van der Waals surface area contributed by atoms with E-state index in [9.17, 15) is 18.0 Å². The number of rotatable bonds is 7. The van der Waals surface area contributed by atoms with Gasteiger partial charge in [0, 0.05) is 25.3 Å². The van der Waals surface area contributed by atoms with E-state index in [1.54, 1.807) is 18.3 Å². The number of hydrogen-bond donors (Lipinski definition) is 1. The predicted molar refractivity (Wildman–Crippen MR) is 113 cm³/mol. The number of anilines is 1. The first-order chi connectivity index (χ1) is 14.7. The Kier molecular flexibility index (Phi) is 6.74. The summed E-state index contributed by atoms with van der Waals surface area (Å²) in [6.45, 7) is -0.554. The second-order valence-corrected chi connectivity index (χ2v) is 9.03. The highest BCUT2D eigenvalue weighted by molar-refractivity contribution is 7.89. The summed E-state index contributed by atoms with van der Waals surface area (Å²) in [4.78, 5) is 28.0. The van der Waals surface area contributed by atoms with Crippen LogP contribution in [0, 0.1) is 0 Å². The van der Waals surface area contributed by atoms with E-state index in [-0.39, 0.29) is 21.2 Å². The molecule has 11 heteroatoms. The third-order valence-corrected chi connectivity index (χ3v) is 6.44. The fourth-order valence-corrected chi connectivity index (χ4v) is 3.91. The molecule has 3 rings (SSSR count). The lowest BCUT2D eigenvalue weighted by Crippen LogP contribution is -2.23. The van der Waals surface area contributed by atoms with Crippen molar-refractivity contribution in [3.63, 3.8) is 0 Å². The molecule has 0 aliphatic heterocycles. The molecule has 1 amide bonds. The number of carbonyl (C=O) groups excluding carboxylic acids is 2. The van der Waals surface area contributed by atoms with Crippen LogP contribution in [0.3, 0.4) is 0 Å². The van der Waals surface area contributed by atoms with E-state index in [0.29, 0.717) is 5.76 Å². The largest absolute Gasteiger partial charge is 0.452 e. The quantitative estimate of drug-likeness (QED) is 0.535. The summed E-state index contributed by atoms with van der Waals surface area (Å²) in [5.74, 6) is -0.772. The Bertz CT molecular complexity index is 1190. The lowest BCUT2D eigenvalue weighted by atomic mass is 10.1. The van der Waals surface area contributed by atoms with Crippen molar-refractivity contribution in [1.82, 2.24) is 9.29 Å². The van der Waals surface area contributed by atoms with Gasteiger partial charge in [-0.1, -0.05) is 23.7 Å². The van der Waals surface area contributed by atoms with Crippen LogP contribution in [0.1, 0.15) is 10.4 Å². The molecule has 0 fully saturated rings. The first-order valence-corrected chi connectivity index (χ1v) is 10.7. The van der Waals surface area contributed by atoms with E-state index >= 15 is 0 Å². The molecule has 9 nitrogen and oxygen atoms in total. The summed E-state index contributed by atoms with van der Waals surface area (Å²) in [7, 11) is -1.05. The molecular weight excluding hydrogens is 446 g/mol. The number of esters is 1. The van der Waals surface area contributed by atoms with Gasteiger partial charge in [0.25, 0.3) is 5.91 Å². The Morgan fingerprint density at radius 3 is 2.48 bits per heavy atom. The molecule has 1 aromatic heterocycles. The van der Waals surface area contributed by atoms with Crippen molar-refractivity contribution in [2.24, 2.45) is 0 Å². The lowest BCUT2D eigenvalue weighted by molar-refractivity contribution is -0.119. The molecule has 0 aliphatic rings. The summed E-state index contributed by atoms with van der Waals surface area (Å²) < 4.78 is 35.8. The van der Waals surface area contributed by atoms with Crippen LogP contribution in [-0.2, 0) is 19.6 Å². The van der Waals surface area contributed by atoms with Crippen molar-refractivity contribution in [2.75, 3.05) is 26.0 Å². The van der Waals surface area contributed by atoms with E-state index in [1.807, 2.05) is 0 Å². The highest BCUT2D eigenvalue weighted by Gasteiger charge is 2.21. The molecule has 0 saturated heterocycles. The van der Waals surface area contributed by atoms with Crippen LogP contribution in [0.4, 0.5) is 5.69 Å². The first kappa shape index (κ1) is 22.5. The van der Waals surface area contributed by atoms with Crippen LogP contribution in [-0.4, -0.2) is 50.3 Å². The summed E-state index contributed by atoms with van der Waals surface area (Å²) in [5, 5.41) is 2.50. The summed E-state index contributed by atoms with van der Waals surface area (Å²) in [6.07, 6.45) is 2.85. The van der Waals surface area contributed by atoms with Gasteiger partial charge >= 0.3 is 5.97 Å². The predicted octanol–water partition coefficient (Wildman–Crippen LogP) is 3.04. The molecular formula is C20H18ClN3O6S. The average molecular weight is 464 g/mol. The van der Waals surface area contributed by atoms with Crippen LogP contribution in [0.15, 0.2) is 64.4 Å². The Morgan fingerprint density at radius 2 is 1.87 bits per heavy atom. The number of benzene rings is 2. The normalized spacial score (nSPS) is 11.4. The van der Waals surface area contributed by atoms with Crippen molar-refractivity contribution in [2.45, 2.75) is 4.90 Å². The molecule has 1 heterocycles. The van der Waals surface area contributed by atoms with E-state index in [4.69, 9.17) is 20.8 Å². The second kappa shape index (κ2) is 9.29. The number of oxazole rings is 1. The van der Waals surface area contributed by atoms with Gasteiger partial charge in [-0.15, -0.1) is 0 Å². The van der Waals surface area contributed by atoms with Gasteiger partial charge in [0.1, 0.15) is 4.90 Å². The highest BCUT2D eigenvalue weighted by atomic mass is 35.5. The highest BCUT2D eigenvalue weighted by Crippen LogP contribution is 2.27. The lowest BCUT2D eigenvalue weighted by Gasteiger charge is -2.14. The molecule has 0 saturated carbocycles. The number of carbonyl (C=O) groups is 2. The fraction of sp³-hybridized carbons (Fsp3) is 0.150. The van der Waals surface area contributed by atoms with Crippen molar-refractivity contribution in [1.29, 1.82) is 0 Å². The Labute approximate surface area is 183 Å². The van der Waals surface area contributed by atoms with Gasteiger partial charge in [0.15, 0.2) is 18.8 Å². The number of aromatic nitrogens is 1. The third kappa shape index (κ3) is 5.29. The van der Waals surface area contributed by atoms with E-state index in [2.05, 4.69) is 10.3 Å². The summed E-state index contributed by atoms with van der Waals surface area (Å²) in [6, 6.07) is 10.4. The molecule has 3 aromatic rings. The van der Waals surface area contributed by atoms with Crippen molar-refractivity contribution in [3.05, 3.63) is 65.6 Å². The third-order valence-electron chi connectivity index (χ3n) is 4.15. The molecule has 0 unspecified atom stereocenters. The zero-order valence-corrected chi connectivity index (χ0v) is 18.1. The number of ether oxygens (including phenoxy) is 1. The average Bonchev–Trinajstić information content (AvgIpc) is 3.28. The molecule has 0 atom stereocenters. The maximum absolute atomic E-state index is 12.3. The number of sulfonamides is 1. The molecule has 31 heavy (non-hydrogen) atoms. The van der Waals surface area contributed by atoms with Gasteiger partial charge in [-0.25, -0.2) is 22.5 Å². The topological polar surface area (TPSA) is 119 Å². The minimum absolute atomic E-state index is 0.0203. The van der Waals surface area contributed by atoms with Crippen LogP contribution in [0.2, 0.25) is 5.02 Å². The molecule has 0 aliphatic carbocycles. The number of nitrogens with one attached hydrogen (secondary N) is 1. The van der Waals surface area contributed by atoms with E-state index in [1.165, 1.54) is 50.8 Å². The Balaban J connectivity index is 1.61. The first-order valence-electron chi connectivity index (χ1n) is 8.86. The standard InChI is InChI=1S/C20H18ClN3O6S/c1-24(2)31(27,28)18-9-15(7-8-16(18)21)23-19(25)11-29-20(26)14-5-3-13(4-6-14)17-10-22-12-30-17/h3-10,12H,11H2,1-2H3,(H,23,25). The Morgan fingerprint density at radius 1 is 1.16 bits per heavy atom. The molecule has 0 radical (unpaired) electrons. The van der Waals surface area contributed by atoms with Crippen LogP contribution in [0.5, 0.6) is 0 Å². The zero-order valence-electron chi connectivity index (χ0n) is 16.5. The summed E-state index contributed by atoms with van der Waals surface area (Å²) >= 11 is 5.98. The SMILES string of the molecule is CN(C)S(=O)(=O)c1cc(NC(=O)COC(=O)c2ccc(-c3cnco3)cc2)ccc1Cl. The number of nitrogens with zero attached hydrogens (tertiary/aromatic N) is 2. The monoisotopic (exact) mass is 463 g/mol. The van der Waals surface area contributed by atoms with Gasteiger partial charge in [-0.3, -0.25) is 4.79 Å². The van der Waals surface area contributed by atoms with Crippen LogP contribution >= 0.6 is 11.6 Å². The maximum atomic E-state index is 12.3. The second-order valence-electron chi connectivity index (χ2n) is 6.50.